The van der Waals surface area contributed by atoms with E-state index in [0.717, 1.165) is 11.0 Å². The van der Waals surface area contributed by atoms with E-state index in [2.05, 4.69) is 9.97 Å². The summed E-state index contributed by atoms with van der Waals surface area (Å²) >= 11 is 0. The van der Waals surface area contributed by atoms with E-state index in [1.54, 1.807) is 12.4 Å². The Labute approximate surface area is 71.6 Å². The number of nitrogen functional groups attached to an aromatic ring is 1. The van der Waals surface area contributed by atoms with Gasteiger partial charge in [0.2, 0.25) is 0 Å². The Kier molecular flexibility index (Phi) is 2.69. The minimum Gasteiger partial charge on any atom is -0.396 e. The van der Waals surface area contributed by atoms with Crippen LogP contribution < -0.4 is 5.73 Å². The molecular formula is C9H13N3. The minimum atomic E-state index is 0.704. The molecule has 2 heterocycles. The normalized spacial score (nSPS) is 9.17. The second-order valence-corrected chi connectivity index (χ2v) is 2.14. The standard InChI is InChI=1S/C7H7N3.C2H6/c8-5-4-10-6-2-1-3-9-7(5)6;1-2/h1-4,10H,8H2;1-2H3. The second kappa shape index (κ2) is 3.76. The smallest absolute Gasteiger partial charge is 0.111 e. The van der Waals surface area contributed by atoms with Crippen LogP contribution in [0.25, 0.3) is 11.0 Å². The van der Waals surface area contributed by atoms with Gasteiger partial charge in [0.15, 0.2) is 0 Å². The number of fused-ring (bicyclic) bond motifs is 1. The molecule has 3 heteroatoms. The molecule has 12 heavy (non-hydrogen) atoms. The molecule has 2 aromatic rings. The van der Waals surface area contributed by atoms with Crippen molar-refractivity contribution in [1.82, 2.24) is 9.97 Å². The molecule has 64 valence electrons. The number of nitrogens with one attached hydrogen (secondary N) is 1. The summed E-state index contributed by atoms with van der Waals surface area (Å²) in [6.07, 6.45) is 3.48. The number of aromatic nitrogens is 2. The maximum Gasteiger partial charge on any atom is 0.111 e. The summed E-state index contributed by atoms with van der Waals surface area (Å²) in [4.78, 5) is 7.08. The highest BCUT2D eigenvalue weighted by Gasteiger charge is 1.96. The van der Waals surface area contributed by atoms with E-state index in [9.17, 15) is 0 Å². The van der Waals surface area contributed by atoms with Gasteiger partial charge in [-0.2, -0.15) is 0 Å². The van der Waals surface area contributed by atoms with Crippen molar-refractivity contribution < 1.29 is 0 Å². The van der Waals surface area contributed by atoms with E-state index in [0.29, 0.717) is 5.69 Å². The molecular weight excluding hydrogens is 150 g/mol. The van der Waals surface area contributed by atoms with Gasteiger partial charge in [0.05, 0.1) is 11.2 Å². The summed E-state index contributed by atoms with van der Waals surface area (Å²) in [5.74, 6) is 0. The number of nitrogens with two attached hydrogens (primary N) is 1. The molecule has 0 aromatic carbocycles. The molecule has 3 nitrogen and oxygen atoms in total. The van der Waals surface area contributed by atoms with Crippen molar-refractivity contribution in [1.29, 1.82) is 0 Å². The van der Waals surface area contributed by atoms with Crippen LogP contribution in [0.5, 0.6) is 0 Å². The Morgan fingerprint density at radius 2 is 2.17 bits per heavy atom. The summed E-state index contributed by atoms with van der Waals surface area (Å²) in [6, 6.07) is 3.82. The van der Waals surface area contributed by atoms with E-state index in [4.69, 9.17) is 5.73 Å². The number of hydrogen-bond acceptors (Lipinski definition) is 2. The zero-order valence-corrected chi connectivity index (χ0v) is 7.33. The van der Waals surface area contributed by atoms with Gasteiger partial charge in [-0.3, -0.25) is 4.98 Å². The molecule has 0 aliphatic carbocycles. The average Bonchev–Trinajstić information content (AvgIpc) is 2.53. The highest BCUT2D eigenvalue weighted by atomic mass is 14.8. The minimum absolute atomic E-state index is 0.704. The first-order valence-corrected chi connectivity index (χ1v) is 4.05. The molecule has 2 aromatic heterocycles. The number of H-pyrrole nitrogens is 1. The molecule has 0 spiro atoms. The topological polar surface area (TPSA) is 54.7 Å². The first-order chi connectivity index (χ1) is 5.88. The molecule has 0 unspecified atom stereocenters. The van der Waals surface area contributed by atoms with Gasteiger partial charge in [0.1, 0.15) is 5.52 Å². The van der Waals surface area contributed by atoms with Gasteiger partial charge in [0.25, 0.3) is 0 Å². The molecule has 0 amide bonds. The average molecular weight is 163 g/mol. The van der Waals surface area contributed by atoms with Gasteiger partial charge in [-0.05, 0) is 12.1 Å². The van der Waals surface area contributed by atoms with Crippen molar-refractivity contribution >= 4 is 16.7 Å². The maximum absolute atomic E-state index is 5.58. The highest BCUT2D eigenvalue weighted by Crippen LogP contribution is 2.15. The van der Waals surface area contributed by atoms with Crippen molar-refractivity contribution in [3.05, 3.63) is 24.5 Å². The van der Waals surface area contributed by atoms with E-state index >= 15 is 0 Å². The van der Waals surface area contributed by atoms with Crippen molar-refractivity contribution in [2.75, 3.05) is 5.73 Å². The fourth-order valence-corrected chi connectivity index (χ4v) is 0.976. The lowest BCUT2D eigenvalue weighted by Gasteiger charge is -1.86. The molecule has 0 saturated heterocycles. The van der Waals surface area contributed by atoms with Crippen molar-refractivity contribution in [2.24, 2.45) is 0 Å². The van der Waals surface area contributed by atoms with Crippen LogP contribution in [0.3, 0.4) is 0 Å². The summed E-state index contributed by atoms with van der Waals surface area (Å²) in [5, 5.41) is 0. The predicted molar refractivity (Wildman–Crippen MR) is 51.9 cm³/mol. The molecule has 2 rings (SSSR count). The van der Waals surface area contributed by atoms with E-state index in [-0.39, 0.29) is 0 Å². The summed E-state index contributed by atoms with van der Waals surface area (Å²) in [7, 11) is 0. The fraction of sp³-hybridized carbons (Fsp3) is 0.222. The molecule has 0 aliphatic rings. The van der Waals surface area contributed by atoms with E-state index in [1.165, 1.54) is 0 Å². The number of hydrogen-bond donors (Lipinski definition) is 2. The SMILES string of the molecule is CC.Nc1c[nH]c2cccnc12. The van der Waals surface area contributed by atoms with Gasteiger partial charge in [-0.1, -0.05) is 13.8 Å². The third kappa shape index (κ3) is 1.39. The van der Waals surface area contributed by atoms with Crippen molar-refractivity contribution in [3.63, 3.8) is 0 Å². The molecule has 0 radical (unpaired) electrons. The lowest BCUT2D eigenvalue weighted by atomic mass is 10.4. The first kappa shape index (κ1) is 8.59. The monoisotopic (exact) mass is 163 g/mol. The quantitative estimate of drug-likeness (QED) is 0.625. The van der Waals surface area contributed by atoms with Gasteiger partial charge < -0.3 is 10.7 Å². The third-order valence-electron chi connectivity index (χ3n) is 1.46. The summed E-state index contributed by atoms with van der Waals surface area (Å²) < 4.78 is 0. The third-order valence-corrected chi connectivity index (χ3v) is 1.46. The van der Waals surface area contributed by atoms with Gasteiger partial charge in [-0.15, -0.1) is 0 Å². The molecule has 0 bridgehead atoms. The van der Waals surface area contributed by atoms with Gasteiger partial charge in [-0.25, -0.2) is 0 Å². The predicted octanol–water partition coefficient (Wildman–Crippen LogP) is 2.17. The fourth-order valence-electron chi connectivity index (χ4n) is 0.976. The zero-order valence-electron chi connectivity index (χ0n) is 7.33. The Hall–Kier alpha value is -1.51. The van der Waals surface area contributed by atoms with Gasteiger partial charge in [0, 0.05) is 12.4 Å². The van der Waals surface area contributed by atoms with Crippen molar-refractivity contribution in [3.8, 4) is 0 Å². The lowest BCUT2D eigenvalue weighted by molar-refractivity contribution is 1.41. The Balaban J connectivity index is 0.000000336. The number of anilines is 1. The van der Waals surface area contributed by atoms with Crippen LogP contribution in [-0.2, 0) is 0 Å². The Bertz CT molecular complexity index is 351. The molecule has 0 atom stereocenters. The maximum atomic E-state index is 5.58. The van der Waals surface area contributed by atoms with Crippen LogP contribution in [0.4, 0.5) is 5.69 Å². The van der Waals surface area contributed by atoms with Crippen LogP contribution in [0, 0.1) is 0 Å². The molecule has 3 N–H and O–H groups in total. The first-order valence-electron chi connectivity index (χ1n) is 4.05. The van der Waals surface area contributed by atoms with Crippen LogP contribution in [-0.4, -0.2) is 9.97 Å². The number of nitrogens with zero attached hydrogens (tertiary/aromatic N) is 1. The van der Waals surface area contributed by atoms with E-state index in [1.807, 2.05) is 26.0 Å². The molecule has 0 saturated carbocycles. The Morgan fingerprint density at radius 1 is 1.42 bits per heavy atom. The van der Waals surface area contributed by atoms with Crippen LogP contribution in [0.1, 0.15) is 13.8 Å². The zero-order chi connectivity index (χ0) is 8.97. The van der Waals surface area contributed by atoms with Gasteiger partial charge >= 0.3 is 0 Å². The second-order valence-electron chi connectivity index (χ2n) is 2.14. The molecule has 0 aliphatic heterocycles. The van der Waals surface area contributed by atoms with Crippen LogP contribution >= 0.6 is 0 Å². The number of pyridine rings is 1. The summed E-state index contributed by atoms with van der Waals surface area (Å²) in [5.41, 5.74) is 8.12. The molecule has 0 fully saturated rings. The van der Waals surface area contributed by atoms with Crippen LogP contribution in [0.15, 0.2) is 24.5 Å². The largest absolute Gasteiger partial charge is 0.396 e. The van der Waals surface area contributed by atoms with E-state index < -0.39 is 0 Å². The summed E-state index contributed by atoms with van der Waals surface area (Å²) in [6.45, 7) is 4.00. The van der Waals surface area contributed by atoms with Crippen LogP contribution in [0.2, 0.25) is 0 Å². The highest BCUT2D eigenvalue weighted by molar-refractivity contribution is 5.86. The van der Waals surface area contributed by atoms with Crippen molar-refractivity contribution in [2.45, 2.75) is 13.8 Å². The Morgan fingerprint density at radius 3 is 2.83 bits per heavy atom. The lowest BCUT2D eigenvalue weighted by Crippen LogP contribution is -1.81. The number of rotatable bonds is 0. The number of aromatic amines is 1.